The van der Waals surface area contributed by atoms with Crippen molar-refractivity contribution >= 4 is 22.3 Å². The van der Waals surface area contributed by atoms with Crippen molar-refractivity contribution in [2.45, 2.75) is 6.92 Å². The Morgan fingerprint density at radius 2 is 1.78 bits per heavy atom. The summed E-state index contributed by atoms with van der Waals surface area (Å²) in [7, 11) is 1.81. The summed E-state index contributed by atoms with van der Waals surface area (Å²) >= 11 is 0. The van der Waals surface area contributed by atoms with Crippen LogP contribution < -0.4 is 5.56 Å². The molecule has 27 heavy (non-hydrogen) atoms. The second-order valence-electron chi connectivity index (χ2n) is 6.11. The van der Waals surface area contributed by atoms with Gasteiger partial charge in [-0.15, -0.1) is 10.2 Å². The van der Waals surface area contributed by atoms with E-state index in [1.165, 1.54) is 6.07 Å². The molecule has 7 nitrogen and oxygen atoms in total. The number of aromatic hydroxyl groups is 1. The molecule has 0 spiro atoms. The van der Waals surface area contributed by atoms with E-state index >= 15 is 0 Å². The second kappa shape index (κ2) is 6.53. The number of fused-ring (bicyclic) bond motifs is 1. The number of rotatable bonds is 3. The van der Waals surface area contributed by atoms with Gasteiger partial charge in [-0.1, -0.05) is 18.2 Å². The summed E-state index contributed by atoms with van der Waals surface area (Å²) in [6.07, 6.45) is 1.60. The zero-order valence-corrected chi connectivity index (χ0v) is 14.9. The van der Waals surface area contributed by atoms with Crippen LogP contribution in [0.25, 0.3) is 16.6 Å². The van der Waals surface area contributed by atoms with Crippen LogP contribution in [0.3, 0.4) is 0 Å². The SMILES string of the molecule is Cc1c(N=Nc2ccc(O)c3ncccc23)c(=O)n(-c2ccccc2)n1C. The van der Waals surface area contributed by atoms with Gasteiger partial charge in [0.25, 0.3) is 5.56 Å². The van der Waals surface area contributed by atoms with Gasteiger partial charge in [0.2, 0.25) is 0 Å². The van der Waals surface area contributed by atoms with Crippen LogP contribution in [0.4, 0.5) is 11.4 Å². The van der Waals surface area contributed by atoms with Gasteiger partial charge in [-0.2, -0.15) is 0 Å². The molecule has 0 aliphatic carbocycles. The van der Waals surface area contributed by atoms with E-state index in [0.29, 0.717) is 22.3 Å². The highest BCUT2D eigenvalue weighted by Crippen LogP contribution is 2.32. The number of hydrogen-bond acceptors (Lipinski definition) is 5. The predicted octanol–water partition coefficient (Wildman–Crippen LogP) is 4.15. The van der Waals surface area contributed by atoms with Crippen molar-refractivity contribution in [2.24, 2.45) is 17.3 Å². The molecule has 7 heteroatoms. The summed E-state index contributed by atoms with van der Waals surface area (Å²) < 4.78 is 3.31. The Labute approximate surface area is 154 Å². The molecule has 0 unspecified atom stereocenters. The normalized spacial score (nSPS) is 11.5. The maximum absolute atomic E-state index is 12.9. The number of phenolic OH excluding ortho intramolecular Hbond substituents is 1. The Morgan fingerprint density at radius 1 is 1.00 bits per heavy atom. The molecule has 0 bridgehead atoms. The van der Waals surface area contributed by atoms with Gasteiger partial charge in [-0.3, -0.25) is 14.5 Å². The molecule has 0 amide bonds. The molecular weight excluding hydrogens is 342 g/mol. The Hall–Kier alpha value is -3.74. The molecular formula is C20H17N5O2. The van der Waals surface area contributed by atoms with E-state index in [1.807, 2.05) is 44.3 Å². The first-order valence-corrected chi connectivity index (χ1v) is 8.40. The van der Waals surface area contributed by atoms with Gasteiger partial charge >= 0.3 is 0 Å². The number of benzene rings is 2. The Kier molecular flexibility index (Phi) is 4.04. The van der Waals surface area contributed by atoms with Crippen molar-refractivity contribution in [2.75, 3.05) is 0 Å². The average molecular weight is 359 g/mol. The third kappa shape index (κ3) is 2.79. The van der Waals surface area contributed by atoms with Gasteiger partial charge in [0, 0.05) is 18.6 Å². The summed E-state index contributed by atoms with van der Waals surface area (Å²) in [5, 5.41) is 19.1. The highest BCUT2D eigenvalue weighted by Gasteiger charge is 2.16. The average Bonchev–Trinajstić information content (AvgIpc) is 2.91. The molecule has 0 radical (unpaired) electrons. The first-order valence-electron chi connectivity index (χ1n) is 8.40. The molecule has 4 aromatic rings. The van der Waals surface area contributed by atoms with Gasteiger partial charge in [0.15, 0.2) is 5.69 Å². The van der Waals surface area contributed by atoms with Crippen LogP contribution in [0.15, 0.2) is 75.8 Å². The lowest BCUT2D eigenvalue weighted by molar-refractivity contribution is 0.480. The smallest absolute Gasteiger partial charge is 0.299 e. The summed E-state index contributed by atoms with van der Waals surface area (Å²) in [6, 6.07) is 16.1. The van der Waals surface area contributed by atoms with E-state index in [0.717, 1.165) is 5.69 Å². The minimum atomic E-state index is -0.244. The first-order chi connectivity index (χ1) is 13.1. The minimum Gasteiger partial charge on any atom is -0.506 e. The van der Waals surface area contributed by atoms with Gasteiger partial charge in [0.05, 0.1) is 17.1 Å². The van der Waals surface area contributed by atoms with Crippen molar-refractivity contribution in [1.29, 1.82) is 0 Å². The quantitative estimate of drug-likeness (QED) is 0.558. The second-order valence-corrected chi connectivity index (χ2v) is 6.11. The molecule has 0 atom stereocenters. The highest BCUT2D eigenvalue weighted by molar-refractivity contribution is 5.93. The molecule has 4 rings (SSSR count). The Balaban J connectivity index is 1.83. The molecule has 2 aromatic carbocycles. The van der Waals surface area contributed by atoms with Gasteiger partial charge in [0.1, 0.15) is 11.3 Å². The number of aromatic nitrogens is 3. The lowest BCUT2D eigenvalue weighted by Crippen LogP contribution is -2.19. The fraction of sp³-hybridized carbons (Fsp3) is 0.100. The molecule has 134 valence electrons. The van der Waals surface area contributed by atoms with Gasteiger partial charge in [-0.25, -0.2) is 4.68 Å². The standard InChI is InChI=1S/C20H17N5O2/c1-13-18(20(27)25(24(13)2)14-7-4-3-5-8-14)23-22-16-10-11-17(26)19-15(16)9-6-12-21-19/h3-12,26H,1-2H3. The topological polar surface area (TPSA) is 84.8 Å². The molecule has 2 heterocycles. The monoisotopic (exact) mass is 359 g/mol. The maximum atomic E-state index is 12.9. The van der Waals surface area contributed by atoms with Crippen molar-refractivity contribution in [3.63, 3.8) is 0 Å². The molecule has 0 aliphatic heterocycles. The van der Waals surface area contributed by atoms with Crippen molar-refractivity contribution in [3.8, 4) is 11.4 Å². The van der Waals surface area contributed by atoms with Crippen molar-refractivity contribution in [1.82, 2.24) is 14.3 Å². The molecule has 0 aliphatic rings. The number of hydrogen-bond donors (Lipinski definition) is 1. The molecule has 0 saturated heterocycles. The highest BCUT2D eigenvalue weighted by atomic mass is 16.3. The van der Waals surface area contributed by atoms with Gasteiger partial charge in [-0.05, 0) is 43.3 Å². The van der Waals surface area contributed by atoms with E-state index in [4.69, 9.17) is 0 Å². The van der Waals surface area contributed by atoms with Crippen molar-refractivity contribution in [3.05, 3.63) is 76.8 Å². The lowest BCUT2D eigenvalue weighted by Gasteiger charge is -2.07. The van der Waals surface area contributed by atoms with Crippen LogP contribution in [0.5, 0.6) is 5.75 Å². The summed E-state index contributed by atoms with van der Waals surface area (Å²) in [5.41, 5.74) is 2.46. The predicted molar refractivity (Wildman–Crippen MR) is 103 cm³/mol. The van der Waals surface area contributed by atoms with Crippen LogP contribution in [-0.4, -0.2) is 19.5 Å². The lowest BCUT2D eigenvalue weighted by atomic mass is 10.2. The van der Waals surface area contributed by atoms with Gasteiger partial charge < -0.3 is 5.11 Å². The van der Waals surface area contributed by atoms with Crippen molar-refractivity contribution < 1.29 is 5.11 Å². The summed E-state index contributed by atoms with van der Waals surface area (Å²) in [4.78, 5) is 17.1. The Bertz CT molecular complexity index is 1220. The van der Waals surface area contributed by atoms with E-state index in [9.17, 15) is 9.90 Å². The fourth-order valence-corrected chi connectivity index (χ4v) is 3.00. The maximum Gasteiger partial charge on any atom is 0.299 e. The van der Waals surface area contributed by atoms with Crippen LogP contribution in [-0.2, 0) is 7.05 Å². The molecule has 0 fully saturated rings. The molecule has 0 saturated carbocycles. The van der Waals surface area contributed by atoms with Crippen LogP contribution in [0.2, 0.25) is 0 Å². The van der Waals surface area contributed by atoms with Crippen LogP contribution >= 0.6 is 0 Å². The number of phenols is 1. The number of nitrogens with zero attached hydrogens (tertiary/aromatic N) is 5. The summed E-state index contributed by atoms with van der Waals surface area (Å²) in [5.74, 6) is 0.0758. The number of para-hydroxylation sites is 1. The zero-order valence-electron chi connectivity index (χ0n) is 14.9. The molecule has 1 N–H and O–H groups in total. The van der Waals surface area contributed by atoms with E-state index in [1.54, 1.807) is 33.8 Å². The number of pyridine rings is 1. The summed E-state index contributed by atoms with van der Waals surface area (Å²) in [6.45, 7) is 1.83. The third-order valence-corrected chi connectivity index (χ3v) is 4.51. The fourth-order valence-electron chi connectivity index (χ4n) is 3.00. The van der Waals surface area contributed by atoms with Crippen LogP contribution in [0, 0.1) is 6.92 Å². The third-order valence-electron chi connectivity index (χ3n) is 4.51. The van der Waals surface area contributed by atoms with E-state index in [2.05, 4.69) is 15.2 Å². The van der Waals surface area contributed by atoms with E-state index in [-0.39, 0.29) is 17.0 Å². The van der Waals surface area contributed by atoms with E-state index < -0.39 is 0 Å². The zero-order chi connectivity index (χ0) is 19.0. The first kappa shape index (κ1) is 16.7. The number of azo groups is 1. The largest absolute Gasteiger partial charge is 0.506 e. The molecule has 2 aromatic heterocycles. The minimum absolute atomic E-state index is 0.0758. The Morgan fingerprint density at radius 3 is 2.56 bits per heavy atom. The van der Waals surface area contributed by atoms with Crippen LogP contribution in [0.1, 0.15) is 5.69 Å².